The molecule has 0 fully saturated rings. The van der Waals surface area contributed by atoms with Crippen molar-refractivity contribution in [1.29, 1.82) is 0 Å². The average Bonchev–Trinajstić information content (AvgIpc) is 3.27. The number of aromatic nitrogens is 3. The first-order valence-electron chi connectivity index (χ1n) is 10.1. The van der Waals surface area contributed by atoms with Gasteiger partial charge < -0.3 is 4.42 Å². The van der Waals surface area contributed by atoms with E-state index in [1.165, 1.54) is 5.56 Å². The van der Waals surface area contributed by atoms with Crippen LogP contribution in [0.2, 0.25) is 0 Å². The quantitative estimate of drug-likeness (QED) is 0.369. The van der Waals surface area contributed by atoms with Crippen molar-refractivity contribution >= 4 is 28.4 Å². The minimum absolute atomic E-state index is 0.340. The van der Waals surface area contributed by atoms with Gasteiger partial charge in [0.15, 0.2) is 5.82 Å². The number of thioether (sulfide) groups is 1. The lowest BCUT2D eigenvalue weighted by molar-refractivity contribution is 0.562. The van der Waals surface area contributed by atoms with Crippen LogP contribution < -0.4 is 5.63 Å². The molecule has 0 aliphatic carbocycles. The summed E-state index contributed by atoms with van der Waals surface area (Å²) in [4.78, 5) is 12.6. The van der Waals surface area contributed by atoms with Crippen LogP contribution in [0, 0.1) is 0 Å². The van der Waals surface area contributed by atoms with E-state index in [9.17, 15) is 4.79 Å². The fraction of sp³-hybridized carbons (Fsp3) is 0.0400. The first-order chi connectivity index (χ1) is 15.8. The Morgan fingerprint density at radius 3 is 2.38 bits per heavy atom. The maximum atomic E-state index is 12.6. The molecule has 0 radical (unpaired) electrons. The molecule has 3 aromatic carbocycles. The van der Waals surface area contributed by atoms with Crippen LogP contribution in [0.25, 0.3) is 33.5 Å². The van der Waals surface area contributed by atoms with E-state index < -0.39 is 5.63 Å². The smallest absolute Gasteiger partial charge is 0.347 e. The molecule has 3 heterocycles. The van der Waals surface area contributed by atoms with E-state index in [-0.39, 0.29) is 0 Å². The van der Waals surface area contributed by atoms with E-state index in [1.807, 2.05) is 36.4 Å². The summed E-state index contributed by atoms with van der Waals surface area (Å²) in [6, 6.07) is 27.8. The van der Waals surface area contributed by atoms with Gasteiger partial charge in [-0.1, -0.05) is 84.6 Å². The minimum Gasteiger partial charge on any atom is -0.422 e. The maximum Gasteiger partial charge on any atom is 0.347 e. The van der Waals surface area contributed by atoms with Crippen LogP contribution >= 0.6 is 11.8 Å². The number of para-hydroxylation sites is 1. The molecule has 154 valence electrons. The summed E-state index contributed by atoms with van der Waals surface area (Å²) in [5.74, 6) is 1.06. The SMILES string of the molecule is O=c1oc2ccccc2cc1-c1nnc2n1N=C(c1ccc(-c3ccccc3)cc1)CS2. The fourth-order valence-electron chi connectivity index (χ4n) is 3.74. The highest BCUT2D eigenvalue weighted by Crippen LogP contribution is 2.29. The van der Waals surface area contributed by atoms with Crippen molar-refractivity contribution in [2.45, 2.75) is 5.16 Å². The molecule has 0 spiro atoms. The van der Waals surface area contributed by atoms with Gasteiger partial charge in [0, 0.05) is 11.1 Å². The van der Waals surface area contributed by atoms with Crippen LogP contribution in [-0.2, 0) is 0 Å². The van der Waals surface area contributed by atoms with Gasteiger partial charge in [-0.05, 0) is 28.8 Å². The number of fused-ring (bicyclic) bond motifs is 2. The molecule has 6 nitrogen and oxygen atoms in total. The molecule has 0 N–H and O–H groups in total. The van der Waals surface area contributed by atoms with Crippen molar-refractivity contribution in [3.63, 3.8) is 0 Å². The molecule has 2 aromatic heterocycles. The van der Waals surface area contributed by atoms with E-state index >= 15 is 0 Å². The summed E-state index contributed by atoms with van der Waals surface area (Å²) >= 11 is 1.54. The number of rotatable bonds is 3. The summed E-state index contributed by atoms with van der Waals surface area (Å²) < 4.78 is 7.12. The third-order valence-corrected chi connectivity index (χ3v) is 6.31. The Labute approximate surface area is 187 Å². The Kier molecular flexibility index (Phi) is 4.47. The molecule has 0 amide bonds. The van der Waals surface area contributed by atoms with Crippen LogP contribution in [0.15, 0.2) is 104 Å². The monoisotopic (exact) mass is 436 g/mol. The molecule has 0 bridgehead atoms. The molecule has 7 heteroatoms. The number of nitrogens with zero attached hydrogens (tertiary/aromatic N) is 4. The second-order valence-corrected chi connectivity index (χ2v) is 8.32. The molecule has 1 aliphatic heterocycles. The molecule has 0 saturated carbocycles. The molecule has 1 aliphatic rings. The van der Waals surface area contributed by atoms with Crippen LogP contribution in [0.1, 0.15) is 5.56 Å². The highest BCUT2D eigenvalue weighted by molar-refractivity contribution is 7.99. The largest absolute Gasteiger partial charge is 0.422 e. The standard InChI is InChI=1S/C25H16N4O2S/c30-24-20(14-19-8-4-5-9-22(19)31-24)23-26-27-25-29(23)28-21(15-32-25)18-12-10-17(11-13-18)16-6-2-1-3-7-16/h1-14H,15H2. The van der Waals surface area contributed by atoms with E-state index in [0.717, 1.165) is 22.2 Å². The van der Waals surface area contributed by atoms with Crippen LogP contribution in [0.4, 0.5) is 0 Å². The first kappa shape index (κ1) is 18.8. The zero-order valence-corrected chi connectivity index (χ0v) is 17.6. The third kappa shape index (κ3) is 3.23. The summed E-state index contributed by atoms with van der Waals surface area (Å²) in [5.41, 5.74) is 4.66. The lowest BCUT2D eigenvalue weighted by atomic mass is 10.0. The zero-order chi connectivity index (χ0) is 21.5. The second kappa shape index (κ2) is 7.62. The van der Waals surface area contributed by atoms with Crippen molar-refractivity contribution in [3.05, 3.63) is 101 Å². The predicted molar refractivity (Wildman–Crippen MR) is 126 cm³/mol. The van der Waals surface area contributed by atoms with Crippen molar-refractivity contribution in [3.8, 4) is 22.5 Å². The molecule has 32 heavy (non-hydrogen) atoms. The van der Waals surface area contributed by atoms with Crippen LogP contribution in [0.5, 0.6) is 0 Å². The number of hydrogen-bond acceptors (Lipinski definition) is 6. The molecule has 0 unspecified atom stereocenters. The minimum atomic E-state index is -0.460. The van der Waals surface area contributed by atoms with Crippen molar-refractivity contribution in [1.82, 2.24) is 14.9 Å². The highest BCUT2D eigenvalue weighted by Gasteiger charge is 2.23. The zero-order valence-electron chi connectivity index (χ0n) is 16.8. The molecule has 0 saturated heterocycles. The van der Waals surface area contributed by atoms with Crippen molar-refractivity contribution in [2.75, 3.05) is 5.75 Å². The normalized spacial score (nSPS) is 13.1. The Morgan fingerprint density at radius 2 is 1.53 bits per heavy atom. The molecule has 6 rings (SSSR count). The summed E-state index contributed by atoms with van der Waals surface area (Å²) in [5, 5.41) is 14.7. The molecular formula is C25H16N4O2S. The number of hydrogen-bond donors (Lipinski definition) is 0. The van der Waals surface area contributed by atoms with Gasteiger partial charge in [0.05, 0.1) is 5.71 Å². The van der Waals surface area contributed by atoms with Gasteiger partial charge >= 0.3 is 5.63 Å². The maximum absolute atomic E-state index is 12.6. The highest BCUT2D eigenvalue weighted by atomic mass is 32.2. The molecule has 5 aromatic rings. The van der Waals surface area contributed by atoms with Crippen LogP contribution in [0.3, 0.4) is 0 Å². The summed E-state index contributed by atoms with van der Waals surface area (Å²) in [6.07, 6.45) is 0. The Balaban J connectivity index is 1.40. The predicted octanol–water partition coefficient (Wildman–Crippen LogP) is 5.08. The Bertz CT molecular complexity index is 1540. The van der Waals surface area contributed by atoms with Gasteiger partial charge in [-0.2, -0.15) is 9.78 Å². The molecule has 0 atom stereocenters. The van der Waals surface area contributed by atoms with Gasteiger partial charge in [0.25, 0.3) is 0 Å². The topological polar surface area (TPSA) is 73.3 Å². The van der Waals surface area contributed by atoms with Crippen LogP contribution in [-0.4, -0.2) is 26.3 Å². The third-order valence-electron chi connectivity index (χ3n) is 5.38. The lowest BCUT2D eigenvalue weighted by Crippen LogP contribution is -2.15. The van der Waals surface area contributed by atoms with E-state index in [0.29, 0.717) is 27.9 Å². The van der Waals surface area contributed by atoms with Gasteiger partial charge in [-0.3, -0.25) is 0 Å². The average molecular weight is 436 g/mol. The Morgan fingerprint density at radius 1 is 0.812 bits per heavy atom. The van der Waals surface area contributed by atoms with E-state index in [4.69, 9.17) is 9.52 Å². The summed E-state index contributed by atoms with van der Waals surface area (Å²) in [7, 11) is 0. The van der Waals surface area contributed by atoms with Gasteiger partial charge in [-0.25, -0.2) is 4.79 Å². The van der Waals surface area contributed by atoms with Crippen molar-refractivity contribution < 1.29 is 4.42 Å². The van der Waals surface area contributed by atoms with Crippen molar-refractivity contribution in [2.24, 2.45) is 5.10 Å². The second-order valence-electron chi connectivity index (χ2n) is 7.38. The van der Waals surface area contributed by atoms with Gasteiger partial charge in [-0.15, -0.1) is 10.2 Å². The first-order valence-corrected chi connectivity index (χ1v) is 11.1. The van der Waals surface area contributed by atoms with Gasteiger partial charge in [0.2, 0.25) is 5.16 Å². The summed E-state index contributed by atoms with van der Waals surface area (Å²) in [6.45, 7) is 0. The number of benzene rings is 3. The van der Waals surface area contributed by atoms with E-state index in [2.05, 4.69) is 46.6 Å². The van der Waals surface area contributed by atoms with E-state index in [1.54, 1.807) is 28.6 Å². The van der Waals surface area contributed by atoms with Gasteiger partial charge in [0.1, 0.15) is 11.1 Å². The molecular weight excluding hydrogens is 420 g/mol. The lowest BCUT2D eigenvalue weighted by Gasteiger charge is -2.14. The fourth-order valence-corrected chi connectivity index (χ4v) is 4.58. The Hall–Kier alpha value is -3.97.